The van der Waals surface area contributed by atoms with Crippen molar-refractivity contribution in [3.05, 3.63) is 36.5 Å². The Morgan fingerprint density at radius 1 is 0.383 bits per heavy atom. The van der Waals surface area contributed by atoms with E-state index in [9.17, 15) is 9.59 Å². The lowest BCUT2D eigenvalue weighted by Gasteiger charge is -2.18. The van der Waals surface area contributed by atoms with Gasteiger partial charge in [-0.25, -0.2) is 0 Å². The van der Waals surface area contributed by atoms with Crippen LogP contribution in [-0.2, 0) is 23.8 Å². The summed E-state index contributed by atoms with van der Waals surface area (Å²) in [6.07, 6.45) is 61.7. The maximum Gasteiger partial charge on any atom is 0.306 e. The number of esters is 2. The highest BCUT2D eigenvalue weighted by Gasteiger charge is 2.17. The second-order valence-corrected chi connectivity index (χ2v) is 17.8. The molecule has 5 nitrogen and oxygen atoms in total. The number of carbonyl (C=O) groups excluding carboxylic acids is 2. The van der Waals surface area contributed by atoms with Crippen LogP contribution in [0.3, 0.4) is 0 Å². The van der Waals surface area contributed by atoms with E-state index in [2.05, 4.69) is 57.2 Å². The van der Waals surface area contributed by atoms with Crippen molar-refractivity contribution >= 4 is 11.9 Å². The predicted molar refractivity (Wildman–Crippen MR) is 261 cm³/mol. The zero-order chi connectivity index (χ0) is 43.5. The number of hydrogen-bond acceptors (Lipinski definition) is 5. The zero-order valence-electron chi connectivity index (χ0n) is 40.5. The number of hydrogen-bond donors (Lipinski definition) is 0. The van der Waals surface area contributed by atoms with Gasteiger partial charge in [-0.2, -0.15) is 0 Å². The summed E-state index contributed by atoms with van der Waals surface area (Å²) in [5.41, 5.74) is 0. The number of unbranched alkanes of at least 4 members (excludes halogenated alkanes) is 32. The van der Waals surface area contributed by atoms with Crippen molar-refractivity contribution in [3.8, 4) is 0 Å². The standard InChI is InChI=1S/C55H102O5/c1-4-7-10-13-16-18-20-22-24-26-28-29-31-33-35-37-40-42-45-48-54(56)59-52-53(60-55(57)49-46-43-39-15-12-9-6-3)51-58-50-47-44-41-38-36-34-32-30-27-25-23-21-19-17-14-11-8-5-2/h8,11,17,19,23,25,53H,4-7,9-10,12-16,18,20-22,24,26-52H2,1-3H3/b11-8-,19-17-,25-23-. The van der Waals surface area contributed by atoms with Crippen molar-refractivity contribution in [1.82, 2.24) is 0 Å². The fourth-order valence-electron chi connectivity index (χ4n) is 7.76. The molecule has 0 aliphatic heterocycles. The van der Waals surface area contributed by atoms with Gasteiger partial charge in [0.2, 0.25) is 0 Å². The van der Waals surface area contributed by atoms with E-state index in [4.69, 9.17) is 14.2 Å². The largest absolute Gasteiger partial charge is 0.462 e. The van der Waals surface area contributed by atoms with Gasteiger partial charge >= 0.3 is 11.9 Å². The Morgan fingerprint density at radius 3 is 1.20 bits per heavy atom. The van der Waals surface area contributed by atoms with Gasteiger partial charge in [-0.3, -0.25) is 9.59 Å². The van der Waals surface area contributed by atoms with Gasteiger partial charge in [0.1, 0.15) is 6.61 Å². The molecule has 0 heterocycles. The van der Waals surface area contributed by atoms with Gasteiger partial charge in [-0.1, -0.05) is 250 Å². The van der Waals surface area contributed by atoms with Crippen LogP contribution < -0.4 is 0 Å². The molecule has 0 saturated carbocycles. The fourth-order valence-corrected chi connectivity index (χ4v) is 7.76. The van der Waals surface area contributed by atoms with Crippen molar-refractivity contribution in [3.63, 3.8) is 0 Å². The van der Waals surface area contributed by atoms with Crippen LogP contribution in [0.5, 0.6) is 0 Å². The van der Waals surface area contributed by atoms with E-state index in [0.29, 0.717) is 19.4 Å². The van der Waals surface area contributed by atoms with Crippen LogP contribution in [0, 0.1) is 0 Å². The van der Waals surface area contributed by atoms with Gasteiger partial charge in [0, 0.05) is 19.4 Å². The summed E-state index contributed by atoms with van der Waals surface area (Å²) >= 11 is 0. The van der Waals surface area contributed by atoms with E-state index in [1.807, 2.05) is 0 Å². The molecule has 60 heavy (non-hydrogen) atoms. The molecule has 0 N–H and O–H groups in total. The number of allylic oxidation sites excluding steroid dienone is 6. The molecule has 0 radical (unpaired) electrons. The van der Waals surface area contributed by atoms with E-state index < -0.39 is 6.10 Å². The molecule has 0 aromatic rings. The second-order valence-electron chi connectivity index (χ2n) is 17.8. The molecule has 0 fully saturated rings. The van der Waals surface area contributed by atoms with Crippen molar-refractivity contribution in [2.24, 2.45) is 0 Å². The van der Waals surface area contributed by atoms with E-state index in [0.717, 1.165) is 57.8 Å². The molecule has 5 heteroatoms. The molecule has 0 aliphatic carbocycles. The molecular weight excluding hydrogens is 741 g/mol. The molecule has 0 aromatic heterocycles. The normalized spacial score (nSPS) is 12.4. The molecule has 0 spiro atoms. The molecule has 0 aromatic carbocycles. The highest BCUT2D eigenvalue weighted by atomic mass is 16.6. The minimum atomic E-state index is -0.532. The summed E-state index contributed by atoms with van der Waals surface area (Å²) in [6, 6.07) is 0. The third kappa shape index (κ3) is 48.8. The van der Waals surface area contributed by atoms with Crippen LogP contribution in [0.4, 0.5) is 0 Å². The Labute approximate surface area is 374 Å². The summed E-state index contributed by atoms with van der Waals surface area (Å²) in [7, 11) is 0. The average molecular weight is 843 g/mol. The van der Waals surface area contributed by atoms with Crippen molar-refractivity contribution in [2.45, 2.75) is 284 Å². The first kappa shape index (κ1) is 58.1. The molecule has 0 bridgehead atoms. The number of carbonyl (C=O) groups is 2. The highest BCUT2D eigenvalue weighted by molar-refractivity contribution is 5.70. The van der Waals surface area contributed by atoms with E-state index in [1.54, 1.807) is 0 Å². The first-order valence-electron chi connectivity index (χ1n) is 26.5. The molecule has 0 aliphatic rings. The van der Waals surface area contributed by atoms with Crippen LogP contribution in [0.25, 0.3) is 0 Å². The Bertz CT molecular complexity index is 955. The van der Waals surface area contributed by atoms with Crippen LogP contribution >= 0.6 is 0 Å². The minimum Gasteiger partial charge on any atom is -0.462 e. The third-order valence-electron chi connectivity index (χ3n) is 11.7. The quantitative estimate of drug-likeness (QED) is 0.0347. The monoisotopic (exact) mass is 843 g/mol. The first-order valence-corrected chi connectivity index (χ1v) is 26.5. The minimum absolute atomic E-state index is 0.0878. The Kier molecular flexibility index (Phi) is 49.9. The molecule has 352 valence electrons. The summed E-state index contributed by atoms with van der Waals surface area (Å²) in [6.45, 7) is 7.72. The summed E-state index contributed by atoms with van der Waals surface area (Å²) in [5.74, 6) is -0.392. The molecule has 1 unspecified atom stereocenters. The van der Waals surface area contributed by atoms with Crippen molar-refractivity contribution in [2.75, 3.05) is 19.8 Å². The summed E-state index contributed by atoms with van der Waals surface area (Å²) in [5, 5.41) is 0. The van der Waals surface area contributed by atoms with Crippen molar-refractivity contribution in [1.29, 1.82) is 0 Å². The molecule has 1 atom stereocenters. The summed E-state index contributed by atoms with van der Waals surface area (Å²) < 4.78 is 17.4. The lowest BCUT2D eigenvalue weighted by Crippen LogP contribution is -2.30. The predicted octanol–water partition coefficient (Wildman–Crippen LogP) is 17.8. The van der Waals surface area contributed by atoms with E-state index >= 15 is 0 Å². The van der Waals surface area contributed by atoms with Gasteiger partial charge in [0.05, 0.1) is 6.61 Å². The Balaban J connectivity index is 4.06. The zero-order valence-corrected chi connectivity index (χ0v) is 40.5. The SMILES string of the molecule is CC/C=C\C/C=C\C/C=C\CCCCCCCCCCOCC(COC(=O)CCCCCCCCCCCCCCCCCCCCC)OC(=O)CCCCCCCCC. The van der Waals surface area contributed by atoms with Crippen LogP contribution in [0.2, 0.25) is 0 Å². The Morgan fingerprint density at radius 2 is 0.750 bits per heavy atom. The maximum atomic E-state index is 12.7. The van der Waals surface area contributed by atoms with Crippen LogP contribution in [0.15, 0.2) is 36.5 Å². The summed E-state index contributed by atoms with van der Waals surface area (Å²) in [4.78, 5) is 25.3. The number of ether oxygens (including phenoxy) is 3. The van der Waals surface area contributed by atoms with Gasteiger partial charge in [-0.05, 0) is 51.4 Å². The van der Waals surface area contributed by atoms with Crippen LogP contribution in [-0.4, -0.2) is 37.9 Å². The molecule has 0 saturated heterocycles. The number of rotatable bonds is 49. The lowest BCUT2D eigenvalue weighted by atomic mass is 10.0. The smallest absolute Gasteiger partial charge is 0.306 e. The van der Waals surface area contributed by atoms with Gasteiger partial charge in [-0.15, -0.1) is 0 Å². The van der Waals surface area contributed by atoms with Gasteiger partial charge in [0.25, 0.3) is 0 Å². The lowest BCUT2D eigenvalue weighted by molar-refractivity contribution is -0.163. The van der Waals surface area contributed by atoms with E-state index in [1.165, 1.54) is 186 Å². The van der Waals surface area contributed by atoms with E-state index in [-0.39, 0.29) is 25.2 Å². The first-order chi connectivity index (χ1) is 29.6. The average Bonchev–Trinajstić information content (AvgIpc) is 3.25. The van der Waals surface area contributed by atoms with Gasteiger partial charge in [0.15, 0.2) is 6.10 Å². The topological polar surface area (TPSA) is 61.8 Å². The molecule has 0 amide bonds. The Hall–Kier alpha value is -1.88. The van der Waals surface area contributed by atoms with Gasteiger partial charge < -0.3 is 14.2 Å². The second kappa shape index (κ2) is 51.5. The fraction of sp³-hybridized carbons (Fsp3) is 0.855. The third-order valence-corrected chi connectivity index (χ3v) is 11.7. The molecule has 0 rings (SSSR count). The molecular formula is C55H102O5. The van der Waals surface area contributed by atoms with Crippen LogP contribution in [0.1, 0.15) is 278 Å². The maximum absolute atomic E-state index is 12.7. The highest BCUT2D eigenvalue weighted by Crippen LogP contribution is 2.16. The van der Waals surface area contributed by atoms with Crippen molar-refractivity contribution < 1.29 is 23.8 Å².